The fourth-order valence-electron chi connectivity index (χ4n) is 2.53. The molecule has 0 aromatic rings. The third-order valence-corrected chi connectivity index (χ3v) is 3.73. The van der Waals surface area contributed by atoms with Gasteiger partial charge in [0.2, 0.25) is 5.91 Å². The van der Waals surface area contributed by atoms with Crippen LogP contribution in [0.1, 0.15) is 26.7 Å². The van der Waals surface area contributed by atoms with Crippen LogP contribution in [0.25, 0.3) is 0 Å². The fraction of sp³-hybridized carbons (Fsp3) is 0.857. The highest BCUT2D eigenvalue weighted by Crippen LogP contribution is 2.16. The Balaban J connectivity index is 2.42. The molecule has 20 heavy (non-hydrogen) atoms. The van der Waals surface area contributed by atoms with Crippen molar-refractivity contribution < 1.29 is 14.3 Å². The van der Waals surface area contributed by atoms with Crippen LogP contribution in [0.4, 0.5) is 0 Å². The maximum atomic E-state index is 11.9. The molecule has 0 bridgehead atoms. The Morgan fingerprint density at radius 2 is 2.10 bits per heavy atom. The SMILES string of the molecule is CC(C)N(CCOC=O)CC1CCC(C(=O)N(C)C)N1. The van der Waals surface area contributed by atoms with E-state index < -0.39 is 0 Å². The minimum absolute atomic E-state index is 0.0600. The molecule has 1 saturated heterocycles. The second kappa shape index (κ2) is 8.21. The Bertz CT molecular complexity index is 321. The summed E-state index contributed by atoms with van der Waals surface area (Å²) < 4.78 is 4.77. The summed E-state index contributed by atoms with van der Waals surface area (Å²) in [5, 5.41) is 3.40. The molecular formula is C14H27N3O3. The number of carbonyl (C=O) groups is 2. The number of hydrogen-bond donors (Lipinski definition) is 1. The fourth-order valence-corrected chi connectivity index (χ4v) is 2.53. The molecule has 1 aliphatic rings. The van der Waals surface area contributed by atoms with Crippen LogP contribution in [-0.2, 0) is 14.3 Å². The molecule has 0 aromatic heterocycles. The quantitative estimate of drug-likeness (QED) is 0.505. The van der Waals surface area contributed by atoms with Gasteiger partial charge in [0.25, 0.3) is 6.47 Å². The Hall–Kier alpha value is -1.14. The number of rotatable bonds is 8. The lowest BCUT2D eigenvalue weighted by atomic mass is 10.1. The van der Waals surface area contributed by atoms with Gasteiger partial charge >= 0.3 is 0 Å². The summed E-state index contributed by atoms with van der Waals surface area (Å²) in [7, 11) is 3.57. The van der Waals surface area contributed by atoms with Gasteiger partial charge in [0.05, 0.1) is 6.04 Å². The summed E-state index contributed by atoms with van der Waals surface area (Å²) in [5.41, 5.74) is 0. The van der Waals surface area contributed by atoms with Crippen LogP contribution in [0.15, 0.2) is 0 Å². The van der Waals surface area contributed by atoms with Gasteiger partial charge in [-0.25, -0.2) is 0 Å². The molecule has 0 aliphatic carbocycles. The molecule has 2 unspecified atom stereocenters. The Labute approximate surface area is 121 Å². The average Bonchev–Trinajstić information content (AvgIpc) is 2.85. The van der Waals surface area contributed by atoms with Crippen molar-refractivity contribution in [3.63, 3.8) is 0 Å². The first-order valence-electron chi connectivity index (χ1n) is 7.22. The molecule has 1 amide bonds. The first-order chi connectivity index (χ1) is 9.45. The normalized spacial score (nSPS) is 22.3. The van der Waals surface area contributed by atoms with Gasteiger partial charge in [0, 0.05) is 39.3 Å². The zero-order valence-electron chi connectivity index (χ0n) is 13.0. The first-order valence-corrected chi connectivity index (χ1v) is 7.22. The molecule has 116 valence electrons. The van der Waals surface area contributed by atoms with Gasteiger partial charge in [-0.05, 0) is 26.7 Å². The summed E-state index contributed by atoms with van der Waals surface area (Å²) in [5.74, 6) is 0.146. The number of amides is 1. The van der Waals surface area contributed by atoms with Gasteiger partial charge < -0.3 is 15.0 Å². The van der Waals surface area contributed by atoms with Crippen LogP contribution in [0.5, 0.6) is 0 Å². The van der Waals surface area contributed by atoms with E-state index in [4.69, 9.17) is 4.74 Å². The van der Waals surface area contributed by atoms with E-state index in [1.165, 1.54) is 0 Å². The molecule has 6 nitrogen and oxygen atoms in total. The first kappa shape index (κ1) is 16.9. The van der Waals surface area contributed by atoms with Crippen molar-refractivity contribution in [3.05, 3.63) is 0 Å². The maximum Gasteiger partial charge on any atom is 0.293 e. The third kappa shape index (κ3) is 5.09. The molecule has 0 aromatic carbocycles. The predicted molar refractivity (Wildman–Crippen MR) is 77.4 cm³/mol. The molecule has 6 heteroatoms. The zero-order chi connectivity index (χ0) is 15.1. The van der Waals surface area contributed by atoms with E-state index in [2.05, 4.69) is 24.1 Å². The second-order valence-corrected chi connectivity index (χ2v) is 5.78. The highest BCUT2D eigenvalue weighted by molar-refractivity contribution is 5.81. The van der Waals surface area contributed by atoms with E-state index in [0.29, 0.717) is 25.2 Å². The van der Waals surface area contributed by atoms with E-state index in [0.717, 1.165) is 25.9 Å². The van der Waals surface area contributed by atoms with E-state index in [1.807, 2.05) is 0 Å². The van der Waals surface area contributed by atoms with E-state index in [1.54, 1.807) is 19.0 Å². The maximum absolute atomic E-state index is 11.9. The molecule has 1 N–H and O–H groups in total. The highest BCUT2D eigenvalue weighted by atomic mass is 16.5. The molecule has 1 aliphatic heterocycles. The number of nitrogens with zero attached hydrogens (tertiary/aromatic N) is 2. The predicted octanol–water partition coefficient (Wildman–Crippen LogP) is 0.0786. The summed E-state index contributed by atoms with van der Waals surface area (Å²) in [6.07, 6.45) is 1.89. The Kier molecular flexibility index (Phi) is 6.95. The molecule has 1 heterocycles. The van der Waals surface area contributed by atoms with Gasteiger partial charge in [-0.2, -0.15) is 0 Å². The van der Waals surface area contributed by atoms with Crippen molar-refractivity contribution in [2.45, 2.75) is 44.8 Å². The minimum atomic E-state index is -0.0600. The largest absolute Gasteiger partial charge is 0.467 e. The van der Waals surface area contributed by atoms with Gasteiger partial charge in [0.1, 0.15) is 6.61 Å². The van der Waals surface area contributed by atoms with Crippen molar-refractivity contribution in [2.24, 2.45) is 0 Å². The summed E-state index contributed by atoms with van der Waals surface area (Å²) in [6, 6.07) is 0.647. The summed E-state index contributed by atoms with van der Waals surface area (Å²) >= 11 is 0. The Morgan fingerprint density at radius 1 is 1.40 bits per heavy atom. The number of ether oxygens (including phenoxy) is 1. The van der Waals surface area contributed by atoms with E-state index >= 15 is 0 Å². The van der Waals surface area contributed by atoms with Crippen LogP contribution >= 0.6 is 0 Å². The van der Waals surface area contributed by atoms with Crippen molar-refractivity contribution >= 4 is 12.4 Å². The summed E-state index contributed by atoms with van der Waals surface area (Å²) in [6.45, 7) is 6.74. The smallest absolute Gasteiger partial charge is 0.293 e. The number of nitrogens with one attached hydrogen (secondary N) is 1. The lowest BCUT2D eigenvalue weighted by Crippen LogP contribution is -2.47. The average molecular weight is 285 g/mol. The van der Waals surface area contributed by atoms with Crippen molar-refractivity contribution in [2.75, 3.05) is 33.8 Å². The molecule has 0 radical (unpaired) electrons. The van der Waals surface area contributed by atoms with Crippen LogP contribution in [0.3, 0.4) is 0 Å². The number of carbonyl (C=O) groups excluding carboxylic acids is 2. The van der Waals surface area contributed by atoms with Gasteiger partial charge in [-0.1, -0.05) is 0 Å². The van der Waals surface area contributed by atoms with Crippen LogP contribution < -0.4 is 5.32 Å². The number of hydrogen-bond acceptors (Lipinski definition) is 5. The van der Waals surface area contributed by atoms with E-state index in [9.17, 15) is 9.59 Å². The van der Waals surface area contributed by atoms with Crippen molar-refractivity contribution in [1.82, 2.24) is 15.1 Å². The highest BCUT2D eigenvalue weighted by Gasteiger charge is 2.31. The van der Waals surface area contributed by atoms with Crippen LogP contribution in [-0.4, -0.2) is 74.1 Å². The summed E-state index contributed by atoms with van der Waals surface area (Å²) in [4.78, 5) is 26.0. The van der Waals surface area contributed by atoms with Crippen molar-refractivity contribution in [1.29, 1.82) is 0 Å². The standard InChI is InChI=1S/C14H27N3O3/c1-11(2)17(7-8-20-10-18)9-12-5-6-13(15-12)14(19)16(3)4/h10-13,15H,5-9H2,1-4H3. The Morgan fingerprint density at radius 3 is 2.65 bits per heavy atom. The second-order valence-electron chi connectivity index (χ2n) is 5.78. The van der Waals surface area contributed by atoms with Crippen LogP contribution in [0.2, 0.25) is 0 Å². The van der Waals surface area contributed by atoms with Crippen LogP contribution in [0, 0.1) is 0 Å². The molecule has 2 atom stereocenters. The van der Waals surface area contributed by atoms with Crippen molar-refractivity contribution in [3.8, 4) is 0 Å². The van der Waals surface area contributed by atoms with Gasteiger partial charge in [-0.15, -0.1) is 0 Å². The monoisotopic (exact) mass is 285 g/mol. The molecular weight excluding hydrogens is 258 g/mol. The minimum Gasteiger partial charge on any atom is -0.467 e. The topological polar surface area (TPSA) is 61.9 Å². The van der Waals surface area contributed by atoms with E-state index in [-0.39, 0.29) is 11.9 Å². The molecule has 0 saturated carbocycles. The zero-order valence-corrected chi connectivity index (χ0v) is 13.0. The molecule has 0 spiro atoms. The lowest BCUT2D eigenvalue weighted by molar-refractivity contribution is -0.131. The molecule has 1 fully saturated rings. The lowest BCUT2D eigenvalue weighted by Gasteiger charge is -2.29. The molecule has 1 rings (SSSR count). The number of likely N-dealkylation sites (N-methyl/N-ethyl adjacent to an activating group) is 1. The van der Waals surface area contributed by atoms with Gasteiger partial charge in [-0.3, -0.25) is 14.5 Å². The third-order valence-electron chi connectivity index (χ3n) is 3.73. The van der Waals surface area contributed by atoms with Gasteiger partial charge in [0.15, 0.2) is 0 Å².